The van der Waals surface area contributed by atoms with E-state index in [-0.39, 0.29) is 6.04 Å². The predicted molar refractivity (Wildman–Crippen MR) is 81.8 cm³/mol. The molecule has 0 aromatic carbocycles. The van der Waals surface area contributed by atoms with Crippen LogP contribution < -0.4 is 0 Å². The molecule has 0 radical (unpaired) electrons. The molecule has 20 heavy (non-hydrogen) atoms. The fourth-order valence-electron chi connectivity index (χ4n) is 4.08. The van der Waals surface area contributed by atoms with Gasteiger partial charge < -0.3 is 5.11 Å². The van der Waals surface area contributed by atoms with E-state index in [4.69, 9.17) is 0 Å². The average Bonchev–Trinajstić information content (AvgIpc) is 2.46. The highest BCUT2D eigenvalue weighted by molar-refractivity contribution is 5.73. The van der Waals surface area contributed by atoms with Crippen molar-refractivity contribution in [2.45, 2.75) is 76.3 Å². The number of nitrogens with zero attached hydrogens (tertiary/aromatic N) is 1. The second kappa shape index (κ2) is 7.82. The Morgan fingerprint density at radius 3 is 2.70 bits per heavy atom. The Hall–Kier alpha value is -0.830. The first-order valence-electron chi connectivity index (χ1n) is 8.33. The number of likely N-dealkylation sites (tertiary alicyclic amines) is 1. The molecule has 0 amide bonds. The quantitative estimate of drug-likeness (QED) is 0.568. The van der Waals surface area contributed by atoms with Crippen molar-refractivity contribution >= 4 is 5.97 Å². The molecule has 1 heterocycles. The number of allylic oxidation sites excluding steroid dienone is 1. The van der Waals surface area contributed by atoms with Gasteiger partial charge in [0.1, 0.15) is 6.04 Å². The SMILES string of the molecule is C=CCCCCCN1C(C(=O)O)CCC2CCCCC21. The van der Waals surface area contributed by atoms with Crippen LogP contribution >= 0.6 is 0 Å². The molecule has 2 aliphatic rings. The van der Waals surface area contributed by atoms with Crippen molar-refractivity contribution in [3.63, 3.8) is 0 Å². The predicted octanol–water partition coefficient (Wildman–Crippen LogP) is 3.84. The number of carbonyl (C=O) groups is 1. The third kappa shape index (κ3) is 3.85. The van der Waals surface area contributed by atoms with Gasteiger partial charge in [0, 0.05) is 6.04 Å². The van der Waals surface area contributed by atoms with E-state index < -0.39 is 5.97 Å². The molecule has 1 N–H and O–H groups in total. The molecule has 3 nitrogen and oxygen atoms in total. The molecule has 0 aromatic heterocycles. The van der Waals surface area contributed by atoms with Crippen LogP contribution in [0.4, 0.5) is 0 Å². The second-order valence-electron chi connectivity index (χ2n) is 6.42. The molecule has 114 valence electrons. The molecule has 0 bridgehead atoms. The van der Waals surface area contributed by atoms with Gasteiger partial charge in [0.25, 0.3) is 0 Å². The zero-order valence-corrected chi connectivity index (χ0v) is 12.6. The van der Waals surface area contributed by atoms with Crippen molar-refractivity contribution in [2.24, 2.45) is 5.92 Å². The van der Waals surface area contributed by atoms with E-state index >= 15 is 0 Å². The zero-order valence-electron chi connectivity index (χ0n) is 12.6. The lowest BCUT2D eigenvalue weighted by Gasteiger charge is -2.47. The summed E-state index contributed by atoms with van der Waals surface area (Å²) < 4.78 is 0. The summed E-state index contributed by atoms with van der Waals surface area (Å²) in [5.74, 6) is 0.146. The number of unbranched alkanes of at least 4 members (excludes halogenated alkanes) is 3. The van der Waals surface area contributed by atoms with E-state index in [9.17, 15) is 9.90 Å². The topological polar surface area (TPSA) is 40.5 Å². The van der Waals surface area contributed by atoms with E-state index in [1.54, 1.807) is 0 Å². The molecule has 1 saturated carbocycles. The number of hydrogen-bond donors (Lipinski definition) is 1. The number of carboxylic acid groups (broad SMARTS) is 1. The molecule has 0 spiro atoms. The van der Waals surface area contributed by atoms with E-state index in [1.807, 2.05) is 6.08 Å². The van der Waals surface area contributed by atoms with Crippen molar-refractivity contribution in [1.82, 2.24) is 4.90 Å². The maximum atomic E-state index is 11.5. The molecule has 1 saturated heterocycles. The summed E-state index contributed by atoms with van der Waals surface area (Å²) in [6.45, 7) is 4.72. The molecule has 3 unspecified atom stereocenters. The van der Waals surface area contributed by atoms with Crippen LogP contribution in [0, 0.1) is 5.92 Å². The van der Waals surface area contributed by atoms with E-state index in [0.29, 0.717) is 6.04 Å². The normalized spacial score (nSPS) is 30.7. The minimum Gasteiger partial charge on any atom is -0.480 e. The van der Waals surface area contributed by atoms with Crippen LogP contribution in [0.15, 0.2) is 12.7 Å². The number of carboxylic acids is 1. The Morgan fingerprint density at radius 1 is 1.15 bits per heavy atom. The molecule has 0 aromatic rings. The van der Waals surface area contributed by atoms with Crippen molar-refractivity contribution in [3.05, 3.63) is 12.7 Å². The van der Waals surface area contributed by atoms with Crippen LogP contribution in [0.25, 0.3) is 0 Å². The van der Waals surface area contributed by atoms with Crippen molar-refractivity contribution in [1.29, 1.82) is 0 Å². The summed E-state index contributed by atoms with van der Waals surface area (Å²) in [5.41, 5.74) is 0. The molecule has 1 aliphatic heterocycles. The van der Waals surface area contributed by atoms with Crippen molar-refractivity contribution in [2.75, 3.05) is 6.54 Å². The van der Waals surface area contributed by atoms with E-state index in [0.717, 1.165) is 38.1 Å². The molecular weight excluding hydrogens is 250 g/mol. The Labute approximate surface area is 123 Å². The van der Waals surface area contributed by atoms with Gasteiger partial charge in [-0.15, -0.1) is 6.58 Å². The van der Waals surface area contributed by atoms with Crippen LogP contribution in [0.5, 0.6) is 0 Å². The number of piperidine rings is 1. The average molecular weight is 279 g/mol. The van der Waals surface area contributed by atoms with Crippen molar-refractivity contribution < 1.29 is 9.90 Å². The smallest absolute Gasteiger partial charge is 0.320 e. The minimum atomic E-state index is -0.611. The standard InChI is InChI=1S/C17H29NO2/c1-2-3-4-5-8-13-18-15-10-7-6-9-14(15)11-12-16(18)17(19)20/h2,14-16H,1,3-13H2,(H,19,20). The van der Waals surface area contributed by atoms with Crippen LogP contribution in [0.1, 0.15) is 64.2 Å². The summed E-state index contributed by atoms with van der Waals surface area (Å²) in [4.78, 5) is 13.9. The first-order chi connectivity index (χ1) is 9.74. The number of aliphatic carboxylic acids is 1. The van der Waals surface area contributed by atoms with Crippen molar-refractivity contribution in [3.8, 4) is 0 Å². The number of rotatable bonds is 7. The molecule has 2 rings (SSSR count). The summed E-state index contributed by atoms with van der Waals surface area (Å²) in [6.07, 6.45) is 13.7. The Balaban J connectivity index is 1.90. The highest BCUT2D eigenvalue weighted by Crippen LogP contribution is 2.38. The molecule has 1 aliphatic carbocycles. The van der Waals surface area contributed by atoms with Gasteiger partial charge in [0.05, 0.1) is 0 Å². The summed E-state index contributed by atoms with van der Waals surface area (Å²) in [6, 6.07) is 0.312. The molecule has 3 atom stereocenters. The summed E-state index contributed by atoms with van der Waals surface area (Å²) >= 11 is 0. The lowest BCUT2D eigenvalue weighted by atomic mass is 9.76. The van der Waals surface area contributed by atoms with Gasteiger partial charge >= 0.3 is 5.97 Å². The van der Waals surface area contributed by atoms with Crippen LogP contribution in [0.3, 0.4) is 0 Å². The largest absolute Gasteiger partial charge is 0.480 e. The Bertz CT molecular complexity index is 329. The maximum Gasteiger partial charge on any atom is 0.320 e. The number of hydrogen-bond acceptors (Lipinski definition) is 2. The minimum absolute atomic E-state index is 0.228. The maximum absolute atomic E-state index is 11.5. The fraction of sp³-hybridized carbons (Fsp3) is 0.824. The first-order valence-corrected chi connectivity index (χ1v) is 8.33. The lowest BCUT2D eigenvalue weighted by molar-refractivity contribution is -0.148. The fourth-order valence-corrected chi connectivity index (χ4v) is 4.08. The monoisotopic (exact) mass is 279 g/mol. The third-order valence-corrected chi connectivity index (χ3v) is 5.12. The van der Waals surface area contributed by atoms with Gasteiger partial charge in [-0.2, -0.15) is 0 Å². The van der Waals surface area contributed by atoms with Gasteiger partial charge in [-0.1, -0.05) is 25.3 Å². The van der Waals surface area contributed by atoms with E-state index in [1.165, 1.54) is 38.5 Å². The summed E-state index contributed by atoms with van der Waals surface area (Å²) in [7, 11) is 0. The van der Waals surface area contributed by atoms with Crippen LogP contribution in [0.2, 0.25) is 0 Å². The van der Waals surface area contributed by atoms with Crippen LogP contribution in [-0.2, 0) is 4.79 Å². The molecular formula is C17H29NO2. The molecule has 3 heteroatoms. The highest BCUT2D eigenvalue weighted by atomic mass is 16.4. The summed E-state index contributed by atoms with van der Waals surface area (Å²) in [5, 5.41) is 9.48. The van der Waals surface area contributed by atoms with Gasteiger partial charge in [0.15, 0.2) is 0 Å². The Kier molecular flexibility index (Phi) is 6.08. The van der Waals surface area contributed by atoms with Gasteiger partial charge in [0.2, 0.25) is 0 Å². The van der Waals surface area contributed by atoms with Crippen LogP contribution in [-0.4, -0.2) is 34.6 Å². The lowest BCUT2D eigenvalue weighted by Crippen LogP contribution is -2.55. The zero-order chi connectivity index (χ0) is 14.4. The van der Waals surface area contributed by atoms with Gasteiger partial charge in [-0.05, 0) is 57.4 Å². The highest BCUT2D eigenvalue weighted by Gasteiger charge is 2.40. The number of fused-ring (bicyclic) bond motifs is 1. The van der Waals surface area contributed by atoms with E-state index in [2.05, 4.69) is 11.5 Å². The Morgan fingerprint density at radius 2 is 1.95 bits per heavy atom. The van der Waals surface area contributed by atoms with Gasteiger partial charge in [-0.3, -0.25) is 9.69 Å². The first kappa shape index (κ1) is 15.6. The molecule has 2 fully saturated rings. The van der Waals surface area contributed by atoms with Gasteiger partial charge in [-0.25, -0.2) is 0 Å². The third-order valence-electron chi connectivity index (χ3n) is 5.12. The second-order valence-corrected chi connectivity index (χ2v) is 6.42.